The summed E-state index contributed by atoms with van der Waals surface area (Å²) in [5, 5.41) is -0.793. The Balaban J connectivity index is 2.05. The van der Waals surface area contributed by atoms with Crippen LogP contribution in [0.3, 0.4) is 0 Å². The van der Waals surface area contributed by atoms with Gasteiger partial charge in [-0.05, 0) is 18.4 Å². The van der Waals surface area contributed by atoms with E-state index in [4.69, 9.17) is 9.47 Å². The molecule has 2 aliphatic rings. The van der Waals surface area contributed by atoms with Crippen molar-refractivity contribution in [2.75, 3.05) is 0 Å². The Hall–Kier alpha value is -1.13. The molecule has 1 aromatic rings. The van der Waals surface area contributed by atoms with Gasteiger partial charge in [0.15, 0.2) is 5.22 Å². The third-order valence-electron chi connectivity index (χ3n) is 5.32. The molecule has 1 aromatic carbocycles. The number of esters is 1. The number of benzene rings is 1. The van der Waals surface area contributed by atoms with E-state index in [0.29, 0.717) is 0 Å². The Morgan fingerprint density at radius 3 is 2.23 bits per heavy atom. The molecule has 3 rings (SSSR count). The zero-order valence-electron chi connectivity index (χ0n) is 14.0. The number of carbonyl (C=O) groups is 1. The molecule has 4 heteroatoms. The molecule has 1 saturated carbocycles. The van der Waals surface area contributed by atoms with Crippen molar-refractivity contribution in [1.29, 1.82) is 0 Å². The van der Waals surface area contributed by atoms with Gasteiger partial charge in [0.2, 0.25) is 5.79 Å². The van der Waals surface area contributed by atoms with Crippen LogP contribution in [0, 0.1) is 0 Å². The van der Waals surface area contributed by atoms with E-state index in [1.54, 1.807) is 0 Å². The molecular formula is C18H26O3Si. The van der Waals surface area contributed by atoms with E-state index >= 15 is 0 Å². The minimum Gasteiger partial charge on any atom is -0.431 e. The fourth-order valence-electron chi connectivity index (χ4n) is 4.07. The summed E-state index contributed by atoms with van der Waals surface area (Å²) in [5.74, 6) is -0.779. The van der Waals surface area contributed by atoms with Crippen LogP contribution in [-0.2, 0) is 14.3 Å². The third kappa shape index (κ3) is 2.24. The molecule has 2 fully saturated rings. The lowest BCUT2D eigenvalue weighted by Gasteiger charge is -2.41. The first-order chi connectivity index (χ1) is 10.3. The molecule has 1 heterocycles. The van der Waals surface area contributed by atoms with Crippen LogP contribution in [0.25, 0.3) is 0 Å². The molecule has 3 nitrogen and oxygen atoms in total. The summed E-state index contributed by atoms with van der Waals surface area (Å²) < 4.78 is 12.4. The van der Waals surface area contributed by atoms with Gasteiger partial charge in [0.1, 0.15) is 0 Å². The fourth-order valence-corrected chi connectivity index (χ4v) is 6.69. The van der Waals surface area contributed by atoms with Gasteiger partial charge in [0.05, 0.1) is 8.07 Å². The van der Waals surface area contributed by atoms with Crippen LogP contribution in [0.15, 0.2) is 30.3 Å². The van der Waals surface area contributed by atoms with Crippen molar-refractivity contribution in [3.05, 3.63) is 35.9 Å². The van der Waals surface area contributed by atoms with Crippen molar-refractivity contribution in [3.8, 4) is 0 Å². The minimum atomic E-state index is -1.97. The lowest BCUT2D eigenvalue weighted by Crippen LogP contribution is -2.60. The van der Waals surface area contributed by atoms with Gasteiger partial charge in [-0.25, -0.2) is 4.79 Å². The number of carbonyl (C=O) groups excluding carboxylic acids is 1. The molecule has 1 aliphatic heterocycles. The Morgan fingerprint density at radius 1 is 1.09 bits per heavy atom. The highest BCUT2D eigenvalue weighted by Gasteiger charge is 2.66. The standard InChI is InChI=1S/C18H26O3Si/c1-14(15-10-6-5-7-11-15)18(22(2,3)4)16(19)20-17(21-18)12-8-9-13-17/h5-7,10-11,14H,8-9,12-13H2,1-4H3. The summed E-state index contributed by atoms with van der Waals surface area (Å²) in [6.07, 6.45) is 3.84. The Labute approximate surface area is 134 Å². The molecule has 1 spiro atoms. The molecule has 120 valence electrons. The second-order valence-electron chi connectivity index (χ2n) is 7.73. The number of hydrogen-bond acceptors (Lipinski definition) is 3. The molecule has 1 saturated heterocycles. The van der Waals surface area contributed by atoms with Gasteiger partial charge >= 0.3 is 5.97 Å². The number of ether oxygens (including phenoxy) is 2. The monoisotopic (exact) mass is 318 g/mol. The van der Waals surface area contributed by atoms with Gasteiger partial charge in [-0.1, -0.05) is 56.9 Å². The molecule has 1 aliphatic carbocycles. The molecule has 0 amide bonds. The minimum absolute atomic E-state index is 0.00726. The fraction of sp³-hybridized carbons (Fsp3) is 0.611. The lowest BCUT2D eigenvalue weighted by molar-refractivity contribution is -0.178. The molecular weight excluding hydrogens is 292 g/mol. The van der Waals surface area contributed by atoms with E-state index in [9.17, 15) is 4.79 Å². The van der Waals surface area contributed by atoms with E-state index < -0.39 is 19.1 Å². The Kier molecular flexibility index (Phi) is 3.73. The summed E-state index contributed by atoms with van der Waals surface area (Å²) >= 11 is 0. The van der Waals surface area contributed by atoms with Crippen molar-refractivity contribution in [2.24, 2.45) is 0 Å². The van der Waals surface area contributed by atoms with Crippen molar-refractivity contribution in [1.82, 2.24) is 0 Å². The predicted octanol–water partition coefficient (Wildman–Crippen LogP) is 4.25. The highest BCUT2D eigenvalue weighted by atomic mass is 28.3. The maximum Gasteiger partial charge on any atom is 0.338 e. The molecule has 22 heavy (non-hydrogen) atoms. The van der Waals surface area contributed by atoms with Crippen LogP contribution in [0.2, 0.25) is 19.6 Å². The summed E-state index contributed by atoms with van der Waals surface area (Å²) in [4.78, 5) is 13.0. The van der Waals surface area contributed by atoms with Crippen molar-refractivity contribution >= 4 is 14.0 Å². The first-order valence-corrected chi connectivity index (χ1v) is 11.8. The largest absolute Gasteiger partial charge is 0.431 e. The molecule has 0 N–H and O–H groups in total. The highest BCUT2D eigenvalue weighted by molar-refractivity contribution is 6.82. The SMILES string of the molecule is CC(c1ccccc1)C1([Si](C)(C)C)OC2(CCCC2)OC1=O. The highest BCUT2D eigenvalue weighted by Crippen LogP contribution is 2.52. The summed E-state index contributed by atoms with van der Waals surface area (Å²) in [6, 6.07) is 10.2. The summed E-state index contributed by atoms with van der Waals surface area (Å²) in [7, 11) is -1.97. The van der Waals surface area contributed by atoms with Crippen LogP contribution in [0.5, 0.6) is 0 Å². The maximum atomic E-state index is 13.0. The first-order valence-electron chi connectivity index (χ1n) is 8.29. The quantitative estimate of drug-likeness (QED) is 0.617. The van der Waals surface area contributed by atoms with Crippen LogP contribution >= 0.6 is 0 Å². The van der Waals surface area contributed by atoms with Crippen LogP contribution in [0.1, 0.15) is 44.1 Å². The number of rotatable bonds is 3. The van der Waals surface area contributed by atoms with Gasteiger partial charge in [0, 0.05) is 18.8 Å². The molecule has 2 unspecified atom stereocenters. The van der Waals surface area contributed by atoms with Crippen LogP contribution in [0.4, 0.5) is 0 Å². The molecule has 0 bridgehead atoms. The first kappa shape index (κ1) is 15.8. The van der Waals surface area contributed by atoms with Gasteiger partial charge in [-0.15, -0.1) is 0 Å². The van der Waals surface area contributed by atoms with E-state index in [1.165, 1.54) is 0 Å². The smallest absolute Gasteiger partial charge is 0.338 e. The summed E-state index contributed by atoms with van der Waals surface area (Å²) in [5.41, 5.74) is 1.15. The zero-order chi connectivity index (χ0) is 16.0. The van der Waals surface area contributed by atoms with Gasteiger partial charge in [-0.3, -0.25) is 0 Å². The third-order valence-corrected chi connectivity index (χ3v) is 8.29. The Morgan fingerprint density at radius 2 is 1.68 bits per heavy atom. The normalized spacial score (nSPS) is 28.8. The van der Waals surface area contributed by atoms with Gasteiger partial charge in [0.25, 0.3) is 0 Å². The average molecular weight is 318 g/mol. The van der Waals surface area contributed by atoms with Crippen molar-refractivity contribution in [2.45, 2.75) is 69.2 Å². The predicted molar refractivity (Wildman–Crippen MR) is 89.3 cm³/mol. The number of hydrogen-bond donors (Lipinski definition) is 0. The topological polar surface area (TPSA) is 35.5 Å². The molecule has 0 radical (unpaired) electrons. The van der Waals surface area contributed by atoms with E-state index in [-0.39, 0.29) is 11.9 Å². The van der Waals surface area contributed by atoms with Gasteiger partial charge in [-0.2, -0.15) is 0 Å². The van der Waals surface area contributed by atoms with Gasteiger partial charge < -0.3 is 9.47 Å². The summed E-state index contributed by atoms with van der Waals surface area (Å²) in [6.45, 7) is 8.74. The van der Waals surface area contributed by atoms with Crippen molar-refractivity contribution in [3.63, 3.8) is 0 Å². The van der Waals surface area contributed by atoms with Crippen molar-refractivity contribution < 1.29 is 14.3 Å². The van der Waals surface area contributed by atoms with E-state index in [2.05, 4.69) is 38.7 Å². The average Bonchev–Trinajstić information content (AvgIpc) is 3.04. The molecule has 2 atom stereocenters. The van der Waals surface area contributed by atoms with Crippen LogP contribution < -0.4 is 0 Å². The second kappa shape index (κ2) is 5.20. The lowest BCUT2D eigenvalue weighted by atomic mass is 9.94. The van der Waals surface area contributed by atoms with E-state index in [0.717, 1.165) is 31.2 Å². The second-order valence-corrected chi connectivity index (χ2v) is 13.0. The molecule has 0 aromatic heterocycles. The maximum absolute atomic E-state index is 13.0. The zero-order valence-corrected chi connectivity index (χ0v) is 15.0. The van der Waals surface area contributed by atoms with Crippen LogP contribution in [-0.4, -0.2) is 25.1 Å². The Bertz CT molecular complexity index is 557. The van der Waals surface area contributed by atoms with E-state index in [1.807, 2.05) is 18.2 Å².